The van der Waals surface area contributed by atoms with Crippen molar-refractivity contribution in [2.45, 2.75) is 103 Å². The maximum Gasteiger partial charge on any atom is 0.160 e. The van der Waals surface area contributed by atoms with Crippen LogP contribution in [0.25, 0.3) is 0 Å². The molecule has 0 radical (unpaired) electrons. The van der Waals surface area contributed by atoms with Crippen LogP contribution in [0.4, 0.5) is 0 Å². The first-order valence-corrected chi connectivity index (χ1v) is 9.98. The molecule has 22 heavy (non-hydrogen) atoms. The van der Waals surface area contributed by atoms with Gasteiger partial charge in [-0.3, -0.25) is 0 Å². The average molecular weight is 327 g/mol. The second-order valence-corrected chi connectivity index (χ2v) is 6.77. The molecule has 0 aliphatic heterocycles. The fourth-order valence-electron chi connectivity index (χ4n) is 2.69. The van der Waals surface area contributed by atoms with Crippen LogP contribution in [0.5, 0.6) is 0 Å². The summed E-state index contributed by atoms with van der Waals surface area (Å²) in [5.74, 6) is 0. The van der Waals surface area contributed by atoms with E-state index in [9.17, 15) is 0 Å². The van der Waals surface area contributed by atoms with E-state index in [1.807, 2.05) is 0 Å². The van der Waals surface area contributed by atoms with Gasteiger partial charge in [-0.2, -0.15) is 0 Å². The molecular weight excluding hydrogens is 288 g/mol. The highest BCUT2D eigenvalue weighted by atomic mass is 32.1. The number of hydrogen-bond acceptors (Lipinski definition) is 2. The van der Waals surface area contributed by atoms with Gasteiger partial charge in [0.05, 0.1) is 0 Å². The Hall–Kier alpha value is -0.370. The molecule has 0 rings (SSSR count). The highest BCUT2D eigenvalue weighted by Gasteiger charge is 1.97. The third kappa shape index (κ3) is 17.7. The normalized spacial score (nSPS) is 10.6. The van der Waals surface area contributed by atoms with Gasteiger partial charge < -0.3 is 4.74 Å². The molecule has 0 atom stereocenters. The summed E-state index contributed by atoms with van der Waals surface area (Å²) >= 11 is 5.14. The van der Waals surface area contributed by atoms with E-state index in [1.165, 1.54) is 89.9 Å². The van der Waals surface area contributed by atoms with Crippen LogP contribution in [0.1, 0.15) is 103 Å². The Bertz CT molecular complexity index is 250. The SMILES string of the molecule is C=CCOC(=S)CCCCCCCCCCCCCCCC. The van der Waals surface area contributed by atoms with Gasteiger partial charge in [0, 0.05) is 6.42 Å². The van der Waals surface area contributed by atoms with Gasteiger partial charge in [0.1, 0.15) is 6.61 Å². The zero-order valence-corrected chi connectivity index (χ0v) is 15.7. The van der Waals surface area contributed by atoms with Crippen molar-refractivity contribution in [3.8, 4) is 0 Å². The van der Waals surface area contributed by atoms with Crippen LogP contribution >= 0.6 is 12.2 Å². The zero-order valence-electron chi connectivity index (χ0n) is 14.9. The standard InChI is InChI=1S/C20H38OS/c1-3-5-6-7-8-9-10-11-12-13-14-15-16-17-18-20(22)21-19-4-2/h4H,2-3,5-19H2,1H3. The van der Waals surface area contributed by atoms with Crippen LogP contribution in [0.3, 0.4) is 0 Å². The minimum atomic E-state index is 0.553. The zero-order chi connectivity index (χ0) is 16.3. The Morgan fingerprint density at radius 1 is 0.773 bits per heavy atom. The minimum Gasteiger partial charge on any atom is -0.483 e. The van der Waals surface area contributed by atoms with Gasteiger partial charge in [0.25, 0.3) is 0 Å². The molecule has 0 fully saturated rings. The topological polar surface area (TPSA) is 9.23 Å². The van der Waals surface area contributed by atoms with Crippen LogP contribution in [0.2, 0.25) is 0 Å². The number of rotatable bonds is 17. The maximum absolute atomic E-state index is 5.32. The first-order valence-electron chi connectivity index (χ1n) is 9.57. The van der Waals surface area contributed by atoms with E-state index in [4.69, 9.17) is 17.0 Å². The van der Waals surface area contributed by atoms with E-state index in [-0.39, 0.29) is 0 Å². The summed E-state index contributed by atoms with van der Waals surface area (Å²) in [7, 11) is 0. The van der Waals surface area contributed by atoms with E-state index in [2.05, 4.69) is 13.5 Å². The molecule has 0 bridgehead atoms. The molecule has 0 spiro atoms. The number of ether oxygens (including phenoxy) is 1. The van der Waals surface area contributed by atoms with Crippen molar-refractivity contribution >= 4 is 17.3 Å². The minimum absolute atomic E-state index is 0.553. The predicted octanol–water partition coefficient (Wildman–Crippen LogP) is 7.39. The molecule has 1 nitrogen and oxygen atoms in total. The lowest BCUT2D eigenvalue weighted by atomic mass is 10.0. The summed E-state index contributed by atoms with van der Waals surface area (Å²) in [6, 6.07) is 0. The van der Waals surface area contributed by atoms with Crippen LogP contribution in [0.15, 0.2) is 12.7 Å². The van der Waals surface area contributed by atoms with Crippen LogP contribution in [-0.4, -0.2) is 11.7 Å². The lowest BCUT2D eigenvalue weighted by molar-refractivity contribution is 0.348. The largest absolute Gasteiger partial charge is 0.483 e. The fourth-order valence-corrected chi connectivity index (χ4v) is 2.90. The van der Waals surface area contributed by atoms with Crippen molar-refractivity contribution in [1.82, 2.24) is 0 Å². The molecule has 0 saturated carbocycles. The summed E-state index contributed by atoms with van der Waals surface area (Å²) in [4.78, 5) is 0. The summed E-state index contributed by atoms with van der Waals surface area (Å²) in [5.41, 5.74) is 0. The molecule has 0 unspecified atom stereocenters. The molecule has 0 aromatic heterocycles. The molecule has 0 heterocycles. The molecule has 0 amide bonds. The highest BCUT2D eigenvalue weighted by molar-refractivity contribution is 7.80. The molecule has 0 aliphatic carbocycles. The van der Waals surface area contributed by atoms with Crippen LogP contribution in [0, 0.1) is 0 Å². The summed E-state index contributed by atoms with van der Waals surface area (Å²) in [6.07, 6.45) is 22.2. The third-order valence-corrected chi connectivity index (χ3v) is 4.42. The van der Waals surface area contributed by atoms with E-state index in [0.717, 1.165) is 11.5 Å². The van der Waals surface area contributed by atoms with Gasteiger partial charge in [-0.1, -0.05) is 103 Å². The maximum atomic E-state index is 5.32. The Balaban J connectivity index is 3.05. The second-order valence-electron chi connectivity index (χ2n) is 6.32. The Morgan fingerprint density at radius 2 is 1.18 bits per heavy atom. The quantitative estimate of drug-likeness (QED) is 0.156. The van der Waals surface area contributed by atoms with Crippen molar-refractivity contribution < 1.29 is 4.74 Å². The summed E-state index contributed by atoms with van der Waals surface area (Å²) in [6.45, 7) is 6.46. The van der Waals surface area contributed by atoms with Crippen LogP contribution < -0.4 is 0 Å². The smallest absolute Gasteiger partial charge is 0.160 e. The molecule has 0 aromatic rings. The predicted molar refractivity (Wildman–Crippen MR) is 104 cm³/mol. The van der Waals surface area contributed by atoms with Gasteiger partial charge in [-0.25, -0.2) is 0 Å². The van der Waals surface area contributed by atoms with Crippen molar-refractivity contribution in [2.75, 3.05) is 6.61 Å². The van der Waals surface area contributed by atoms with Gasteiger partial charge >= 0.3 is 0 Å². The van der Waals surface area contributed by atoms with Gasteiger partial charge in [0.2, 0.25) is 0 Å². The molecule has 2 heteroatoms. The van der Waals surface area contributed by atoms with Gasteiger partial charge in [0.15, 0.2) is 5.05 Å². The summed E-state index contributed by atoms with van der Waals surface area (Å²) in [5, 5.41) is 0.749. The second kappa shape index (κ2) is 18.7. The fraction of sp³-hybridized carbons (Fsp3) is 0.850. The van der Waals surface area contributed by atoms with E-state index < -0.39 is 0 Å². The van der Waals surface area contributed by atoms with E-state index in [0.29, 0.717) is 6.61 Å². The Kier molecular flexibility index (Phi) is 18.4. The summed E-state index contributed by atoms with van der Waals surface area (Å²) < 4.78 is 5.32. The molecule has 0 aromatic carbocycles. The van der Waals surface area contributed by atoms with Crippen molar-refractivity contribution in [3.63, 3.8) is 0 Å². The first kappa shape index (κ1) is 21.6. The van der Waals surface area contributed by atoms with Crippen molar-refractivity contribution in [3.05, 3.63) is 12.7 Å². The lowest BCUT2D eigenvalue weighted by Crippen LogP contribution is -2.01. The Morgan fingerprint density at radius 3 is 1.59 bits per heavy atom. The average Bonchev–Trinajstić information content (AvgIpc) is 2.53. The molecule has 0 saturated heterocycles. The Labute approximate surface area is 144 Å². The molecule has 0 aliphatic rings. The highest BCUT2D eigenvalue weighted by Crippen LogP contribution is 2.13. The first-order chi connectivity index (χ1) is 10.8. The molecule has 0 N–H and O–H groups in total. The van der Waals surface area contributed by atoms with Crippen LogP contribution in [-0.2, 0) is 4.74 Å². The monoisotopic (exact) mass is 326 g/mol. The number of hydrogen-bond donors (Lipinski definition) is 0. The number of thiocarbonyl (C=S) groups is 1. The van der Waals surface area contributed by atoms with Crippen molar-refractivity contribution in [2.24, 2.45) is 0 Å². The molecular formula is C20H38OS. The van der Waals surface area contributed by atoms with E-state index >= 15 is 0 Å². The van der Waals surface area contributed by atoms with Crippen molar-refractivity contribution in [1.29, 1.82) is 0 Å². The van der Waals surface area contributed by atoms with E-state index in [1.54, 1.807) is 6.08 Å². The third-order valence-electron chi connectivity index (χ3n) is 4.10. The van der Waals surface area contributed by atoms with Gasteiger partial charge in [-0.05, 0) is 18.6 Å². The molecule has 130 valence electrons. The number of unbranched alkanes of at least 4 members (excludes halogenated alkanes) is 13. The van der Waals surface area contributed by atoms with Gasteiger partial charge in [-0.15, -0.1) is 0 Å². The lowest BCUT2D eigenvalue weighted by Gasteiger charge is -2.05.